The molecule has 0 atom stereocenters. The summed E-state index contributed by atoms with van der Waals surface area (Å²) in [6.45, 7) is 1.22. The van der Waals surface area contributed by atoms with Crippen LogP contribution in [0.25, 0.3) is 0 Å². The van der Waals surface area contributed by atoms with Gasteiger partial charge in [0.15, 0.2) is 0 Å². The molecule has 0 saturated heterocycles. The van der Waals surface area contributed by atoms with Crippen molar-refractivity contribution in [2.45, 2.75) is 32.9 Å². The highest BCUT2D eigenvalue weighted by Gasteiger charge is 2.60. The second kappa shape index (κ2) is 2.32. The Morgan fingerprint density at radius 1 is 0.727 bits per heavy atom. The molecule has 0 heterocycles. The molecule has 11 heavy (non-hydrogen) atoms. The molecule has 0 N–H and O–H groups in total. The van der Waals surface area contributed by atoms with Crippen LogP contribution in [0.4, 0.5) is 22.0 Å². The highest BCUT2D eigenvalue weighted by Crippen LogP contribution is 2.48. The van der Waals surface area contributed by atoms with Crippen LogP contribution in [-0.4, -0.2) is 12.1 Å². The molecule has 0 radical (unpaired) electrons. The van der Waals surface area contributed by atoms with E-state index in [1.165, 1.54) is 0 Å². The summed E-state index contributed by atoms with van der Waals surface area (Å²) < 4.78 is 60.1. The zero-order valence-corrected chi connectivity index (χ0v) is 6.39. The average Bonchev–Trinajstić information content (AvgIpc) is 1.58. The molecule has 0 saturated carbocycles. The van der Waals surface area contributed by atoms with Crippen LogP contribution in [0.15, 0.2) is 0 Å². The van der Waals surface area contributed by atoms with Gasteiger partial charge in [-0.3, -0.25) is 0 Å². The molecule has 0 nitrogen and oxygen atoms in total. The average molecular weight is 176 g/mol. The van der Waals surface area contributed by atoms with Gasteiger partial charge in [-0.2, -0.15) is 13.2 Å². The molecule has 0 aromatic rings. The first-order valence-corrected chi connectivity index (χ1v) is 2.94. The Balaban J connectivity index is 4.75. The first kappa shape index (κ1) is 10.7. The first-order valence-electron chi connectivity index (χ1n) is 2.94. The minimum atomic E-state index is -4.87. The fourth-order valence-corrected chi connectivity index (χ4v) is 0.249. The second-order valence-corrected chi connectivity index (χ2v) is 3.01. The van der Waals surface area contributed by atoms with E-state index in [0.29, 0.717) is 13.8 Å². The summed E-state index contributed by atoms with van der Waals surface area (Å²) in [6.07, 6.45) is -4.87. The van der Waals surface area contributed by atoms with Crippen LogP contribution in [0.1, 0.15) is 20.8 Å². The van der Waals surface area contributed by atoms with Gasteiger partial charge in [0.2, 0.25) is 0 Å². The molecule has 0 aliphatic carbocycles. The molecular weight excluding hydrogens is 167 g/mol. The Kier molecular flexibility index (Phi) is 2.24. The van der Waals surface area contributed by atoms with Crippen LogP contribution in [0.3, 0.4) is 0 Å². The van der Waals surface area contributed by atoms with Crippen LogP contribution >= 0.6 is 0 Å². The van der Waals surface area contributed by atoms with Gasteiger partial charge in [-0.05, 0) is 13.8 Å². The van der Waals surface area contributed by atoms with Crippen molar-refractivity contribution in [3.05, 3.63) is 0 Å². The van der Waals surface area contributed by atoms with Gasteiger partial charge >= 0.3 is 6.18 Å². The topological polar surface area (TPSA) is 0 Å². The molecular formula is C6H9F5. The molecule has 0 rings (SSSR count). The van der Waals surface area contributed by atoms with E-state index < -0.39 is 17.5 Å². The van der Waals surface area contributed by atoms with E-state index in [0.717, 1.165) is 0 Å². The molecule has 68 valence electrons. The molecule has 0 aromatic heterocycles. The minimum Gasteiger partial charge on any atom is -0.206 e. The molecule has 0 aliphatic rings. The minimum absolute atomic E-state index is 0.264. The number of alkyl halides is 5. The van der Waals surface area contributed by atoms with E-state index in [4.69, 9.17) is 0 Å². The number of hydrogen-bond acceptors (Lipinski definition) is 0. The van der Waals surface area contributed by atoms with E-state index in [-0.39, 0.29) is 6.92 Å². The van der Waals surface area contributed by atoms with Gasteiger partial charge in [0, 0.05) is 6.92 Å². The maximum Gasteiger partial charge on any atom is 0.399 e. The van der Waals surface area contributed by atoms with Gasteiger partial charge in [0.25, 0.3) is 5.92 Å². The summed E-state index contributed by atoms with van der Waals surface area (Å²) in [6, 6.07) is 0. The van der Waals surface area contributed by atoms with Gasteiger partial charge < -0.3 is 0 Å². The standard InChI is InChI=1S/C6H9F5/c1-4(2,5(3,7)8)6(9,10)11/h1-3H3. The smallest absolute Gasteiger partial charge is 0.206 e. The van der Waals surface area contributed by atoms with Crippen molar-refractivity contribution in [1.82, 2.24) is 0 Å². The van der Waals surface area contributed by atoms with Crippen molar-refractivity contribution < 1.29 is 22.0 Å². The fraction of sp³-hybridized carbons (Fsp3) is 1.00. The monoisotopic (exact) mass is 176 g/mol. The highest BCUT2D eigenvalue weighted by molar-refractivity contribution is 4.87. The molecule has 5 heteroatoms. The molecule has 0 aliphatic heterocycles. The van der Waals surface area contributed by atoms with Crippen LogP contribution in [-0.2, 0) is 0 Å². The Bertz CT molecular complexity index is 122. The van der Waals surface area contributed by atoms with Crippen molar-refractivity contribution in [1.29, 1.82) is 0 Å². The van der Waals surface area contributed by atoms with Crippen molar-refractivity contribution in [2.24, 2.45) is 5.41 Å². The molecule has 0 aromatic carbocycles. The first-order chi connectivity index (χ1) is 4.50. The third-order valence-corrected chi connectivity index (χ3v) is 1.81. The zero-order valence-electron chi connectivity index (χ0n) is 6.39. The lowest BCUT2D eigenvalue weighted by Crippen LogP contribution is -2.45. The van der Waals surface area contributed by atoms with Gasteiger partial charge in [-0.25, -0.2) is 8.78 Å². The quantitative estimate of drug-likeness (QED) is 0.538. The van der Waals surface area contributed by atoms with Crippen LogP contribution in [0, 0.1) is 5.41 Å². The number of hydrogen-bond donors (Lipinski definition) is 0. The number of halogens is 5. The summed E-state index contributed by atoms with van der Waals surface area (Å²) in [5.74, 6) is -3.74. The third-order valence-electron chi connectivity index (χ3n) is 1.81. The summed E-state index contributed by atoms with van der Waals surface area (Å²) in [5, 5.41) is 0. The van der Waals surface area contributed by atoms with Gasteiger partial charge in [0.1, 0.15) is 5.41 Å². The van der Waals surface area contributed by atoms with Crippen molar-refractivity contribution >= 4 is 0 Å². The Labute approximate surface area is 61.4 Å². The summed E-state index contributed by atoms with van der Waals surface area (Å²) in [5.41, 5.74) is -2.96. The predicted octanol–water partition coefficient (Wildman–Crippen LogP) is 3.23. The lowest BCUT2D eigenvalue weighted by Gasteiger charge is -2.33. The summed E-state index contributed by atoms with van der Waals surface area (Å²) in [7, 11) is 0. The fourth-order valence-electron chi connectivity index (χ4n) is 0.249. The van der Waals surface area contributed by atoms with Gasteiger partial charge in [-0.15, -0.1) is 0 Å². The Hall–Kier alpha value is -0.350. The maximum atomic E-state index is 12.3. The highest BCUT2D eigenvalue weighted by atomic mass is 19.4. The zero-order chi connectivity index (χ0) is 9.50. The lowest BCUT2D eigenvalue weighted by atomic mass is 9.86. The summed E-state index contributed by atoms with van der Waals surface area (Å²) >= 11 is 0. The van der Waals surface area contributed by atoms with Crippen LogP contribution in [0.5, 0.6) is 0 Å². The molecule has 0 unspecified atom stereocenters. The van der Waals surface area contributed by atoms with Crippen molar-refractivity contribution in [3.8, 4) is 0 Å². The maximum absolute atomic E-state index is 12.3. The largest absolute Gasteiger partial charge is 0.399 e. The van der Waals surface area contributed by atoms with Crippen molar-refractivity contribution in [3.63, 3.8) is 0 Å². The number of rotatable bonds is 1. The predicted molar refractivity (Wildman–Crippen MR) is 30.5 cm³/mol. The summed E-state index contributed by atoms with van der Waals surface area (Å²) in [4.78, 5) is 0. The Morgan fingerprint density at radius 2 is 1.00 bits per heavy atom. The van der Waals surface area contributed by atoms with E-state index in [9.17, 15) is 22.0 Å². The normalized spacial score (nSPS) is 15.3. The van der Waals surface area contributed by atoms with E-state index in [1.807, 2.05) is 0 Å². The molecule has 0 bridgehead atoms. The van der Waals surface area contributed by atoms with Gasteiger partial charge in [-0.1, -0.05) is 0 Å². The lowest BCUT2D eigenvalue weighted by molar-refractivity contribution is -0.279. The van der Waals surface area contributed by atoms with Crippen LogP contribution in [0.2, 0.25) is 0 Å². The van der Waals surface area contributed by atoms with Crippen molar-refractivity contribution in [2.75, 3.05) is 0 Å². The van der Waals surface area contributed by atoms with Gasteiger partial charge in [0.05, 0.1) is 0 Å². The Morgan fingerprint density at radius 3 is 1.00 bits per heavy atom. The molecule has 0 amide bonds. The molecule has 0 spiro atoms. The third kappa shape index (κ3) is 1.81. The van der Waals surface area contributed by atoms with E-state index in [1.54, 1.807) is 0 Å². The molecule has 0 fully saturated rings. The SMILES string of the molecule is CC(F)(F)C(C)(C)C(F)(F)F. The second-order valence-electron chi connectivity index (χ2n) is 3.01. The van der Waals surface area contributed by atoms with E-state index in [2.05, 4.69) is 0 Å². The van der Waals surface area contributed by atoms with E-state index >= 15 is 0 Å². The van der Waals surface area contributed by atoms with Crippen LogP contribution < -0.4 is 0 Å².